The second-order valence-corrected chi connectivity index (χ2v) is 6.99. The van der Waals surface area contributed by atoms with Crippen LogP contribution >= 0.6 is 0 Å². The molecule has 2 aliphatic rings. The number of piperazine rings is 1. The number of rotatable bonds is 2. The Kier molecular flexibility index (Phi) is 3.29. The number of carbonyl (C=O) groups excluding carboxylic acids is 1. The number of nitrogens with two attached hydrogens (primary N) is 2. The minimum Gasteiger partial charge on any atom is -0.396 e. The lowest BCUT2D eigenvalue weighted by atomic mass is 10.1. The number of nitrogen functional groups attached to an aromatic ring is 1. The molecule has 4 N–H and O–H groups in total. The number of benzene rings is 1. The van der Waals surface area contributed by atoms with Crippen LogP contribution in [-0.4, -0.2) is 44.9 Å². The second kappa shape index (κ2) is 4.88. The lowest BCUT2D eigenvalue weighted by Gasteiger charge is -2.39. The molecule has 0 aliphatic carbocycles. The minimum absolute atomic E-state index is 0.0510. The molecule has 1 aromatic carbocycles. The van der Waals surface area contributed by atoms with Gasteiger partial charge in [0.1, 0.15) is 4.90 Å². The molecular formula is C13H18N4O3S. The van der Waals surface area contributed by atoms with Gasteiger partial charge in [0.25, 0.3) is 0 Å². The third-order valence-corrected chi connectivity index (χ3v) is 5.15. The van der Waals surface area contributed by atoms with Crippen LogP contribution in [0.1, 0.15) is 12.8 Å². The van der Waals surface area contributed by atoms with Gasteiger partial charge in [-0.25, -0.2) is 13.6 Å². The van der Waals surface area contributed by atoms with Gasteiger partial charge in [-0.2, -0.15) is 0 Å². The van der Waals surface area contributed by atoms with Gasteiger partial charge in [-0.05, 0) is 18.6 Å². The Morgan fingerprint density at radius 2 is 2.00 bits per heavy atom. The number of primary sulfonamides is 1. The van der Waals surface area contributed by atoms with E-state index in [0.717, 1.165) is 6.42 Å². The van der Waals surface area contributed by atoms with Crippen LogP contribution < -0.4 is 15.8 Å². The number of para-hydroxylation sites is 1. The molecular weight excluding hydrogens is 292 g/mol. The molecule has 8 heteroatoms. The van der Waals surface area contributed by atoms with Crippen molar-refractivity contribution in [1.29, 1.82) is 0 Å². The van der Waals surface area contributed by atoms with Gasteiger partial charge in [0, 0.05) is 32.1 Å². The molecule has 0 aromatic heterocycles. The Morgan fingerprint density at radius 3 is 2.71 bits per heavy atom. The first-order chi connectivity index (χ1) is 9.88. The average Bonchev–Trinajstić information content (AvgIpc) is 2.79. The van der Waals surface area contributed by atoms with Crippen molar-refractivity contribution >= 4 is 27.3 Å². The zero-order chi connectivity index (χ0) is 15.2. The Bertz CT molecular complexity index is 689. The van der Waals surface area contributed by atoms with E-state index in [4.69, 9.17) is 10.9 Å². The van der Waals surface area contributed by atoms with E-state index in [0.29, 0.717) is 31.7 Å². The summed E-state index contributed by atoms with van der Waals surface area (Å²) in [5, 5.41) is 5.18. The molecule has 2 aliphatic heterocycles. The van der Waals surface area contributed by atoms with E-state index in [2.05, 4.69) is 0 Å². The summed E-state index contributed by atoms with van der Waals surface area (Å²) in [6.45, 7) is 1.95. The highest BCUT2D eigenvalue weighted by atomic mass is 32.2. The van der Waals surface area contributed by atoms with Crippen LogP contribution in [0.25, 0.3) is 0 Å². The standard InChI is InChI=1S/C13H18N4O3S/c14-13-10(2-1-3-11(13)21(15,19)20)16-6-7-17-9(8-16)4-5-12(17)18/h1-3,9H,4-8,14H2,(H2,15,19,20). The fourth-order valence-electron chi connectivity index (χ4n) is 3.14. The van der Waals surface area contributed by atoms with Crippen LogP contribution in [-0.2, 0) is 14.8 Å². The van der Waals surface area contributed by atoms with Gasteiger partial charge < -0.3 is 15.5 Å². The minimum atomic E-state index is -3.84. The monoisotopic (exact) mass is 310 g/mol. The molecule has 1 unspecified atom stereocenters. The number of nitrogens with zero attached hydrogens (tertiary/aromatic N) is 2. The lowest BCUT2D eigenvalue weighted by Crippen LogP contribution is -2.51. The summed E-state index contributed by atoms with van der Waals surface area (Å²) in [6, 6.07) is 5.01. The van der Waals surface area contributed by atoms with Gasteiger partial charge in [-0.15, -0.1) is 0 Å². The van der Waals surface area contributed by atoms with Crippen LogP contribution in [0.4, 0.5) is 11.4 Å². The summed E-state index contributed by atoms with van der Waals surface area (Å²) in [6.07, 6.45) is 1.43. The molecule has 1 aromatic rings. The molecule has 114 valence electrons. The maximum absolute atomic E-state index is 11.7. The number of sulfonamides is 1. The van der Waals surface area contributed by atoms with Gasteiger partial charge in [0.2, 0.25) is 15.9 Å². The fraction of sp³-hybridized carbons (Fsp3) is 0.462. The van der Waals surface area contributed by atoms with E-state index < -0.39 is 10.0 Å². The summed E-state index contributed by atoms with van der Waals surface area (Å²) >= 11 is 0. The van der Waals surface area contributed by atoms with Crippen molar-refractivity contribution in [2.45, 2.75) is 23.8 Å². The average molecular weight is 310 g/mol. The molecule has 2 heterocycles. The Morgan fingerprint density at radius 1 is 1.24 bits per heavy atom. The smallest absolute Gasteiger partial charge is 0.240 e. The molecule has 1 amide bonds. The van der Waals surface area contributed by atoms with E-state index in [-0.39, 0.29) is 22.5 Å². The van der Waals surface area contributed by atoms with E-state index >= 15 is 0 Å². The molecule has 0 bridgehead atoms. The van der Waals surface area contributed by atoms with Crippen molar-refractivity contribution in [3.05, 3.63) is 18.2 Å². The third-order valence-electron chi connectivity index (χ3n) is 4.18. The zero-order valence-corrected chi connectivity index (χ0v) is 12.3. The van der Waals surface area contributed by atoms with Crippen molar-refractivity contribution in [3.63, 3.8) is 0 Å². The normalized spacial score (nSPS) is 22.5. The Hall–Kier alpha value is -1.80. The van der Waals surface area contributed by atoms with E-state index in [1.807, 2.05) is 9.80 Å². The second-order valence-electron chi connectivity index (χ2n) is 5.46. The Balaban J connectivity index is 1.90. The van der Waals surface area contributed by atoms with Gasteiger partial charge in [0.05, 0.1) is 11.4 Å². The SMILES string of the molecule is Nc1c(N2CCN3C(=O)CCC3C2)cccc1S(N)(=O)=O. The van der Waals surface area contributed by atoms with Crippen LogP contribution in [0, 0.1) is 0 Å². The molecule has 1 atom stereocenters. The van der Waals surface area contributed by atoms with Crippen LogP contribution in [0.2, 0.25) is 0 Å². The fourth-order valence-corrected chi connectivity index (χ4v) is 3.82. The molecule has 2 saturated heterocycles. The number of anilines is 2. The summed E-state index contributed by atoms with van der Waals surface area (Å²) in [5.41, 5.74) is 6.83. The third kappa shape index (κ3) is 2.44. The topological polar surface area (TPSA) is 110 Å². The van der Waals surface area contributed by atoms with Gasteiger partial charge in [-0.1, -0.05) is 6.07 Å². The van der Waals surface area contributed by atoms with Crippen molar-refractivity contribution < 1.29 is 13.2 Å². The number of carbonyl (C=O) groups is 1. The summed E-state index contributed by atoms with van der Waals surface area (Å²) in [4.78, 5) is 15.6. The highest BCUT2D eigenvalue weighted by Gasteiger charge is 2.36. The largest absolute Gasteiger partial charge is 0.396 e. The van der Waals surface area contributed by atoms with Crippen molar-refractivity contribution in [2.24, 2.45) is 5.14 Å². The quantitative estimate of drug-likeness (QED) is 0.731. The highest BCUT2D eigenvalue weighted by Crippen LogP contribution is 2.32. The molecule has 0 radical (unpaired) electrons. The number of hydrogen-bond acceptors (Lipinski definition) is 5. The molecule has 0 spiro atoms. The van der Waals surface area contributed by atoms with E-state index in [1.54, 1.807) is 12.1 Å². The number of fused-ring (bicyclic) bond motifs is 1. The van der Waals surface area contributed by atoms with Crippen LogP contribution in [0.15, 0.2) is 23.1 Å². The van der Waals surface area contributed by atoms with Gasteiger partial charge in [0.15, 0.2) is 0 Å². The van der Waals surface area contributed by atoms with Crippen molar-refractivity contribution in [1.82, 2.24) is 4.90 Å². The molecule has 3 rings (SSSR count). The van der Waals surface area contributed by atoms with Crippen LogP contribution in [0.3, 0.4) is 0 Å². The summed E-state index contributed by atoms with van der Waals surface area (Å²) < 4.78 is 23.1. The predicted molar refractivity (Wildman–Crippen MR) is 79.2 cm³/mol. The number of amides is 1. The van der Waals surface area contributed by atoms with Gasteiger partial charge >= 0.3 is 0 Å². The lowest BCUT2D eigenvalue weighted by molar-refractivity contribution is -0.129. The Labute approximate surface area is 123 Å². The molecule has 7 nitrogen and oxygen atoms in total. The van der Waals surface area contributed by atoms with E-state index in [9.17, 15) is 13.2 Å². The molecule has 2 fully saturated rings. The zero-order valence-electron chi connectivity index (χ0n) is 11.5. The molecule has 21 heavy (non-hydrogen) atoms. The van der Waals surface area contributed by atoms with Crippen molar-refractivity contribution in [2.75, 3.05) is 30.3 Å². The predicted octanol–water partition coefficient (Wildman–Crippen LogP) is -0.273. The maximum atomic E-state index is 11.7. The summed E-state index contributed by atoms with van der Waals surface area (Å²) in [5.74, 6) is 0.200. The number of hydrogen-bond donors (Lipinski definition) is 2. The van der Waals surface area contributed by atoms with Gasteiger partial charge in [-0.3, -0.25) is 4.79 Å². The van der Waals surface area contributed by atoms with Crippen molar-refractivity contribution in [3.8, 4) is 0 Å². The molecule has 0 saturated carbocycles. The first kappa shape index (κ1) is 14.2. The first-order valence-electron chi connectivity index (χ1n) is 6.83. The highest BCUT2D eigenvalue weighted by molar-refractivity contribution is 7.89. The van der Waals surface area contributed by atoms with E-state index in [1.165, 1.54) is 6.07 Å². The maximum Gasteiger partial charge on any atom is 0.240 e. The first-order valence-corrected chi connectivity index (χ1v) is 8.38. The summed E-state index contributed by atoms with van der Waals surface area (Å²) in [7, 11) is -3.84. The van der Waals surface area contributed by atoms with Crippen LogP contribution in [0.5, 0.6) is 0 Å².